The van der Waals surface area contributed by atoms with Crippen molar-refractivity contribution in [2.75, 3.05) is 6.54 Å². The summed E-state index contributed by atoms with van der Waals surface area (Å²) in [6, 6.07) is 11.6. The molecule has 0 spiro atoms. The van der Waals surface area contributed by atoms with Crippen LogP contribution in [-0.2, 0) is 11.3 Å². The summed E-state index contributed by atoms with van der Waals surface area (Å²) >= 11 is 1.39. The van der Waals surface area contributed by atoms with Crippen molar-refractivity contribution in [3.05, 3.63) is 57.8 Å². The smallest absolute Gasteiger partial charge is 0.261 e. The molecule has 0 aliphatic carbocycles. The lowest BCUT2D eigenvalue weighted by Crippen LogP contribution is -2.30. The van der Waals surface area contributed by atoms with Crippen LogP contribution < -0.4 is 10.6 Å². The van der Waals surface area contributed by atoms with E-state index in [1.165, 1.54) is 16.9 Å². The molecule has 0 atom stereocenters. The van der Waals surface area contributed by atoms with Crippen LogP contribution in [-0.4, -0.2) is 18.4 Å². The lowest BCUT2D eigenvalue weighted by atomic mass is 10.1. The number of benzene rings is 1. The van der Waals surface area contributed by atoms with Gasteiger partial charge in [-0.15, -0.1) is 11.3 Å². The average Bonchev–Trinajstić information content (AvgIpc) is 3.01. The summed E-state index contributed by atoms with van der Waals surface area (Å²) in [6.07, 6.45) is 0.281. The Hall–Kier alpha value is -2.14. The monoisotopic (exact) mass is 302 g/mol. The van der Waals surface area contributed by atoms with E-state index < -0.39 is 0 Å². The number of amides is 2. The molecule has 0 aliphatic rings. The maximum Gasteiger partial charge on any atom is 0.261 e. The Balaban J connectivity index is 1.66. The zero-order valence-electron chi connectivity index (χ0n) is 11.9. The van der Waals surface area contributed by atoms with Crippen molar-refractivity contribution in [1.29, 1.82) is 0 Å². The second-order valence-corrected chi connectivity index (χ2v) is 5.69. The maximum absolute atomic E-state index is 11.7. The third kappa shape index (κ3) is 5.04. The molecule has 5 heteroatoms. The second kappa shape index (κ2) is 7.59. The Bertz CT molecular complexity index is 591. The van der Waals surface area contributed by atoms with Crippen molar-refractivity contribution in [2.45, 2.75) is 19.9 Å². The predicted molar refractivity (Wildman–Crippen MR) is 84.3 cm³/mol. The SMILES string of the molecule is Cc1ccc(CNC(=O)CCNC(=O)c2cccs2)cc1. The topological polar surface area (TPSA) is 58.2 Å². The fourth-order valence-electron chi connectivity index (χ4n) is 1.78. The number of carbonyl (C=O) groups excluding carboxylic acids is 2. The zero-order chi connectivity index (χ0) is 15.1. The molecule has 0 unspecified atom stereocenters. The molecule has 1 heterocycles. The number of hydrogen-bond acceptors (Lipinski definition) is 3. The van der Waals surface area contributed by atoms with Crippen molar-refractivity contribution in [2.24, 2.45) is 0 Å². The van der Waals surface area contributed by atoms with Gasteiger partial charge >= 0.3 is 0 Å². The van der Waals surface area contributed by atoms with Crippen LogP contribution in [0.4, 0.5) is 0 Å². The molecule has 2 aromatic rings. The summed E-state index contributed by atoms with van der Waals surface area (Å²) in [7, 11) is 0. The van der Waals surface area contributed by atoms with Crippen LogP contribution in [0.15, 0.2) is 41.8 Å². The van der Waals surface area contributed by atoms with Gasteiger partial charge in [-0.1, -0.05) is 35.9 Å². The largest absolute Gasteiger partial charge is 0.352 e. The number of thiophene rings is 1. The van der Waals surface area contributed by atoms with Crippen LogP contribution in [0.25, 0.3) is 0 Å². The van der Waals surface area contributed by atoms with Crippen LogP contribution >= 0.6 is 11.3 Å². The average molecular weight is 302 g/mol. The maximum atomic E-state index is 11.7. The molecule has 2 N–H and O–H groups in total. The van der Waals surface area contributed by atoms with Crippen molar-refractivity contribution in [3.8, 4) is 0 Å². The highest BCUT2D eigenvalue weighted by atomic mass is 32.1. The zero-order valence-corrected chi connectivity index (χ0v) is 12.7. The van der Waals surface area contributed by atoms with E-state index in [1.807, 2.05) is 42.6 Å². The van der Waals surface area contributed by atoms with E-state index in [-0.39, 0.29) is 18.2 Å². The highest BCUT2D eigenvalue weighted by molar-refractivity contribution is 7.12. The summed E-state index contributed by atoms with van der Waals surface area (Å²) in [5, 5.41) is 7.42. The van der Waals surface area contributed by atoms with Gasteiger partial charge in [0.25, 0.3) is 5.91 Å². The lowest BCUT2D eigenvalue weighted by molar-refractivity contribution is -0.121. The third-order valence-corrected chi connectivity index (χ3v) is 3.86. The molecule has 2 rings (SSSR count). The summed E-state index contributed by atoms with van der Waals surface area (Å²) < 4.78 is 0. The second-order valence-electron chi connectivity index (χ2n) is 4.75. The van der Waals surface area contributed by atoms with Crippen LogP contribution in [0.2, 0.25) is 0 Å². The molecule has 2 amide bonds. The van der Waals surface area contributed by atoms with E-state index in [0.29, 0.717) is 18.0 Å². The minimum Gasteiger partial charge on any atom is -0.352 e. The Morgan fingerprint density at radius 1 is 1.10 bits per heavy atom. The molecule has 0 radical (unpaired) electrons. The van der Waals surface area contributed by atoms with E-state index in [0.717, 1.165) is 5.56 Å². The van der Waals surface area contributed by atoms with Crippen LogP contribution in [0, 0.1) is 6.92 Å². The van der Waals surface area contributed by atoms with Gasteiger partial charge in [-0.05, 0) is 23.9 Å². The van der Waals surface area contributed by atoms with Gasteiger partial charge in [-0.3, -0.25) is 9.59 Å². The minimum absolute atomic E-state index is 0.0675. The van der Waals surface area contributed by atoms with Crippen molar-refractivity contribution in [1.82, 2.24) is 10.6 Å². The standard InChI is InChI=1S/C16H18N2O2S/c1-12-4-6-13(7-5-12)11-18-15(19)8-9-17-16(20)14-3-2-10-21-14/h2-7,10H,8-9,11H2,1H3,(H,17,20)(H,18,19). The quantitative estimate of drug-likeness (QED) is 0.861. The summed E-state index contributed by atoms with van der Waals surface area (Å²) in [5.41, 5.74) is 2.26. The molecule has 0 saturated heterocycles. The first-order valence-electron chi connectivity index (χ1n) is 6.79. The van der Waals surface area contributed by atoms with Gasteiger partial charge < -0.3 is 10.6 Å². The van der Waals surface area contributed by atoms with Gasteiger partial charge in [0.1, 0.15) is 0 Å². The normalized spacial score (nSPS) is 10.1. The van der Waals surface area contributed by atoms with Gasteiger partial charge in [0, 0.05) is 19.5 Å². The molecule has 4 nitrogen and oxygen atoms in total. The van der Waals surface area contributed by atoms with Crippen LogP contribution in [0.3, 0.4) is 0 Å². The van der Waals surface area contributed by atoms with E-state index >= 15 is 0 Å². The van der Waals surface area contributed by atoms with Crippen molar-refractivity contribution >= 4 is 23.2 Å². The molecule has 1 aromatic heterocycles. The van der Waals surface area contributed by atoms with Gasteiger partial charge in [-0.2, -0.15) is 0 Å². The number of carbonyl (C=O) groups is 2. The molecule has 0 saturated carbocycles. The van der Waals surface area contributed by atoms with Crippen LogP contribution in [0.1, 0.15) is 27.2 Å². The fourth-order valence-corrected chi connectivity index (χ4v) is 2.42. The first kappa shape index (κ1) is 15.3. The number of hydrogen-bond donors (Lipinski definition) is 2. The first-order valence-corrected chi connectivity index (χ1v) is 7.67. The number of nitrogens with one attached hydrogen (secondary N) is 2. The molecule has 0 bridgehead atoms. The molecule has 110 valence electrons. The van der Waals surface area contributed by atoms with Gasteiger partial charge in [0.15, 0.2) is 0 Å². The lowest BCUT2D eigenvalue weighted by Gasteiger charge is -2.06. The fraction of sp³-hybridized carbons (Fsp3) is 0.250. The van der Waals surface area contributed by atoms with E-state index in [9.17, 15) is 9.59 Å². The predicted octanol–water partition coefficient (Wildman–Crippen LogP) is 2.49. The highest BCUT2D eigenvalue weighted by Gasteiger charge is 2.07. The summed E-state index contributed by atoms with van der Waals surface area (Å²) in [4.78, 5) is 24.0. The Kier molecular flexibility index (Phi) is 5.51. The third-order valence-electron chi connectivity index (χ3n) is 2.99. The van der Waals surface area contributed by atoms with Gasteiger partial charge in [0.2, 0.25) is 5.91 Å². The summed E-state index contributed by atoms with van der Waals surface area (Å²) in [5.74, 6) is -0.196. The van der Waals surface area contributed by atoms with E-state index in [4.69, 9.17) is 0 Å². The molecule has 0 fully saturated rings. The Labute approximate surface area is 128 Å². The summed E-state index contributed by atoms with van der Waals surface area (Å²) in [6.45, 7) is 2.88. The first-order chi connectivity index (χ1) is 10.1. The van der Waals surface area contributed by atoms with E-state index in [2.05, 4.69) is 10.6 Å². The highest BCUT2D eigenvalue weighted by Crippen LogP contribution is 2.07. The molecule has 1 aromatic carbocycles. The van der Waals surface area contributed by atoms with Crippen molar-refractivity contribution < 1.29 is 9.59 Å². The minimum atomic E-state index is -0.128. The van der Waals surface area contributed by atoms with Crippen molar-refractivity contribution in [3.63, 3.8) is 0 Å². The number of rotatable bonds is 6. The Morgan fingerprint density at radius 2 is 1.86 bits per heavy atom. The Morgan fingerprint density at radius 3 is 2.52 bits per heavy atom. The molecule has 21 heavy (non-hydrogen) atoms. The molecule has 0 aliphatic heterocycles. The molecular formula is C16H18N2O2S. The van der Waals surface area contributed by atoms with E-state index in [1.54, 1.807) is 6.07 Å². The van der Waals surface area contributed by atoms with Gasteiger partial charge in [-0.25, -0.2) is 0 Å². The van der Waals surface area contributed by atoms with Gasteiger partial charge in [0.05, 0.1) is 4.88 Å². The number of aryl methyl sites for hydroxylation is 1. The van der Waals surface area contributed by atoms with Crippen LogP contribution in [0.5, 0.6) is 0 Å². The molecular weight excluding hydrogens is 284 g/mol.